The zero-order valence-electron chi connectivity index (χ0n) is 11.9. The second kappa shape index (κ2) is 8.19. The Hall–Kier alpha value is 0.460. The Bertz CT molecular complexity index is 442. The summed E-state index contributed by atoms with van der Waals surface area (Å²) in [6, 6.07) is 6.06. The first-order valence-electron chi connectivity index (χ1n) is 7.05. The van der Waals surface area contributed by atoms with Crippen LogP contribution in [-0.2, 0) is 0 Å². The van der Waals surface area contributed by atoms with Gasteiger partial charge < -0.3 is 5.32 Å². The van der Waals surface area contributed by atoms with Crippen LogP contribution in [0.15, 0.2) is 18.2 Å². The van der Waals surface area contributed by atoms with Gasteiger partial charge >= 0.3 is 0 Å². The molecule has 0 spiro atoms. The van der Waals surface area contributed by atoms with Gasteiger partial charge in [0.25, 0.3) is 0 Å². The highest BCUT2D eigenvalue weighted by Gasteiger charge is 2.32. The van der Waals surface area contributed by atoms with Crippen LogP contribution in [0, 0.1) is 0 Å². The van der Waals surface area contributed by atoms with Crippen molar-refractivity contribution < 1.29 is 0 Å². The summed E-state index contributed by atoms with van der Waals surface area (Å²) >= 11 is 16.7. The molecule has 1 fully saturated rings. The van der Waals surface area contributed by atoms with Gasteiger partial charge in [0.1, 0.15) is 0 Å². The lowest BCUT2D eigenvalue weighted by Gasteiger charge is -2.35. The molecule has 3 unspecified atom stereocenters. The van der Waals surface area contributed by atoms with Crippen molar-refractivity contribution in [2.75, 3.05) is 18.1 Å². The molecule has 0 radical (unpaired) electrons. The first-order chi connectivity index (χ1) is 9.63. The number of benzene rings is 1. The van der Waals surface area contributed by atoms with Gasteiger partial charge in [0.05, 0.1) is 0 Å². The van der Waals surface area contributed by atoms with Gasteiger partial charge in [-0.05, 0) is 36.7 Å². The summed E-state index contributed by atoms with van der Waals surface area (Å²) in [7, 11) is 0. The summed E-state index contributed by atoms with van der Waals surface area (Å²) in [4.78, 5) is 0. The van der Waals surface area contributed by atoms with E-state index in [2.05, 4.69) is 42.7 Å². The number of thioether (sulfide) groups is 2. The van der Waals surface area contributed by atoms with Crippen LogP contribution in [0.2, 0.25) is 10.0 Å². The van der Waals surface area contributed by atoms with Gasteiger partial charge in [0.15, 0.2) is 0 Å². The largest absolute Gasteiger partial charge is 0.309 e. The van der Waals surface area contributed by atoms with Crippen LogP contribution in [0.1, 0.15) is 31.9 Å². The second-order valence-electron chi connectivity index (χ2n) is 5.01. The van der Waals surface area contributed by atoms with Crippen LogP contribution in [0.4, 0.5) is 0 Å². The Balaban J connectivity index is 2.28. The van der Waals surface area contributed by atoms with E-state index in [0.29, 0.717) is 10.5 Å². The minimum absolute atomic E-state index is 0.272. The fourth-order valence-electron chi connectivity index (χ4n) is 2.47. The van der Waals surface area contributed by atoms with Crippen molar-refractivity contribution in [2.45, 2.75) is 36.8 Å². The zero-order chi connectivity index (χ0) is 14.5. The van der Waals surface area contributed by atoms with Gasteiger partial charge in [-0.3, -0.25) is 0 Å². The van der Waals surface area contributed by atoms with E-state index in [1.807, 2.05) is 18.2 Å². The van der Waals surface area contributed by atoms with Crippen LogP contribution in [-0.4, -0.2) is 28.6 Å². The average molecular weight is 350 g/mol. The maximum atomic E-state index is 6.42. The minimum atomic E-state index is 0.272. The first-order valence-corrected chi connectivity index (χ1v) is 9.90. The highest BCUT2D eigenvalue weighted by molar-refractivity contribution is 8.07. The molecule has 3 atom stereocenters. The number of halogens is 2. The van der Waals surface area contributed by atoms with E-state index in [1.165, 1.54) is 11.5 Å². The smallest absolute Gasteiger partial charge is 0.0466 e. The molecule has 1 aliphatic heterocycles. The molecule has 0 amide bonds. The molecule has 0 aromatic heterocycles. The Morgan fingerprint density at radius 3 is 2.75 bits per heavy atom. The van der Waals surface area contributed by atoms with Gasteiger partial charge in [-0.25, -0.2) is 0 Å². The third-order valence-electron chi connectivity index (χ3n) is 3.47. The molecular formula is C15H21Cl2NS2. The lowest BCUT2D eigenvalue weighted by Crippen LogP contribution is -2.38. The molecule has 1 nitrogen and oxygen atoms in total. The molecule has 0 bridgehead atoms. The van der Waals surface area contributed by atoms with Crippen molar-refractivity contribution >= 4 is 46.7 Å². The Kier molecular flexibility index (Phi) is 6.89. The predicted molar refractivity (Wildman–Crippen MR) is 95.7 cm³/mol. The molecule has 1 aromatic rings. The van der Waals surface area contributed by atoms with Crippen molar-refractivity contribution in [3.8, 4) is 0 Å². The molecular weight excluding hydrogens is 329 g/mol. The number of nitrogens with one attached hydrogen (secondary N) is 1. The van der Waals surface area contributed by atoms with Crippen LogP contribution >= 0.6 is 46.7 Å². The van der Waals surface area contributed by atoms with E-state index in [1.54, 1.807) is 0 Å². The van der Waals surface area contributed by atoms with E-state index in [-0.39, 0.29) is 6.04 Å². The molecule has 1 heterocycles. The Morgan fingerprint density at radius 1 is 1.30 bits per heavy atom. The standard InChI is InChI=1S/C15H21Cl2NS2/c1-3-6-18-14(15-10(2)19-7-8-20-15)12-9-11(16)4-5-13(12)17/h4-5,9-10,14-15,18H,3,6-8H2,1-2H3. The van der Waals surface area contributed by atoms with Crippen molar-refractivity contribution in [1.29, 1.82) is 0 Å². The van der Waals surface area contributed by atoms with Crippen molar-refractivity contribution in [3.63, 3.8) is 0 Å². The highest BCUT2D eigenvalue weighted by atomic mass is 35.5. The fraction of sp³-hybridized carbons (Fsp3) is 0.600. The number of rotatable bonds is 5. The molecule has 1 N–H and O–H groups in total. The van der Waals surface area contributed by atoms with Crippen LogP contribution in [0.25, 0.3) is 0 Å². The average Bonchev–Trinajstić information content (AvgIpc) is 2.44. The van der Waals surface area contributed by atoms with Crippen molar-refractivity contribution in [3.05, 3.63) is 33.8 Å². The van der Waals surface area contributed by atoms with Gasteiger partial charge in [-0.2, -0.15) is 23.5 Å². The third kappa shape index (κ3) is 4.23. The molecule has 1 aliphatic rings. The quantitative estimate of drug-likeness (QED) is 0.777. The van der Waals surface area contributed by atoms with Crippen LogP contribution in [0.3, 0.4) is 0 Å². The van der Waals surface area contributed by atoms with Crippen molar-refractivity contribution in [2.24, 2.45) is 0 Å². The third-order valence-corrected chi connectivity index (χ3v) is 7.25. The molecule has 2 rings (SSSR count). The summed E-state index contributed by atoms with van der Waals surface area (Å²) < 4.78 is 0. The Morgan fingerprint density at radius 2 is 2.05 bits per heavy atom. The summed E-state index contributed by atoms with van der Waals surface area (Å²) in [5.41, 5.74) is 1.14. The van der Waals surface area contributed by atoms with Gasteiger partial charge in [-0.1, -0.05) is 37.0 Å². The molecule has 1 aromatic carbocycles. The molecule has 0 saturated carbocycles. The predicted octanol–water partition coefficient (Wildman–Crippen LogP) is 5.27. The first kappa shape index (κ1) is 16.8. The van der Waals surface area contributed by atoms with Gasteiger partial charge in [0.2, 0.25) is 0 Å². The van der Waals surface area contributed by atoms with Crippen LogP contribution < -0.4 is 5.32 Å². The molecule has 20 heavy (non-hydrogen) atoms. The normalized spacial score (nSPS) is 24.6. The Labute approximate surface area is 140 Å². The van der Waals surface area contributed by atoms with Gasteiger partial charge in [0, 0.05) is 38.1 Å². The fourth-order valence-corrected chi connectivity index (χ4v) is 5.83. The maximum absolute atomic E-state index is 6.42. The molecule has 1 saturated heterocycles. The topological polar surface area (TPSA) is 12.0 Å². The van der Waals surface area contributed by atoms with E-state index in [0.717, 1.165) is 28.6 Å². The SMILES string of the molecule is CCCNC(c1cc(Cl)ccc1Cl)C1SCCSC1C. The summed E-state index contributed by atoms with van der Waals surface area (Å²) in [5.74, 6) is 2.45. The number of hydrogen-bond donors (Lipinski definition) is 1. The van der Waals surface area contributed by atoms with E-state index in [9.17, 15) is 0 Å². The maximum Gasteiger partial charge on any atom is 0.0466 e. The van der Waals surface area contributed by atoms with Crippen molar-refractivity contribution in [1.82, 2.24) is 5.32 Å². The van der Waals surface area contributed by atoms with E-state index >= 15 is 0 Å². The van der Waals surface area contributed by atoms with E-state index < -0.39 is 0 Å². The zero-order valence-corrected chi connectivity index (χ0v) is 15.0. The van der Waals surface area contributed by atoms with Crippen LogP contribution in [0.5, 0.6) is 0 Å². The lowest BCUT2D eigenvalue weighted by molar-refractivity contribution is 0.509. The molecule has 0 aliphatic carbocycles. The monoisotopic (exact) mass is 349 g/mol. The summed E-state index contributed by atoms with van der Waals surface area (Å²) in [5, 5.41) is 6.41. The van der Waals surface area contributed by atoms with E-state index in [4.69, 9.17) is 23.2 Å². The second-order valence-corrected chi connectivity index (χ2v) is 8.62. The molecule has 5 heteroatoms. The number of hydrogen-bond acceptors (Lipinski definition) is 3. The summed E-state index contributed by atoms with van der Waals surface area (Å²) in [6.45, 7) is 5.51. The lowest BCUT2D eigenvalue weighted by atomic mass is 10.0. The molecule has 112 valence electrons. The van der Waals surface area contributed by atoms with Gasteiger partial charge in [-0.15, -0.1) is 0 Å². The minimum Gasteiger partial charge on any atom is -0.309 e. The summed E-state index contributed by atoms with van der Waals surface area (Å²) in [6.07, 6.45) is 1.12. The highest BCUT2D eigenvalue weighted by Crippen LogP contribution is 2.40.